The third kappa shape index (κ3) is 7.55. The number of ether oxygens (including phenoxy) is 7. The van der Waals surface area contributed by atoms with Crippen LogP contribution < -0.4 is 38.6 Å². The van der Waals surface area contributed by atoms with E-state index in [1.54, 1.807) is 63.2 Å². The summed E-state index contributed by atoms with van der Waals surface area (Å²) in [5, 5.41) is 0.497. The normalized spacial score (nSPS) is 14.9. The maximum Gasteiger partial charge on any atom is 0.343 e. The Balaban J connectivity index is 1.37. The van der Waals surface area contributed by atoms with Crippen LogP contribution >= 0.6 is 34.5 Å². The Morgan fingerprint density at radius 2 is 1.75 bits per heavy atom. The lowest BCUT2D eigenvalue weighted by Crippen LogP contribution is -2.40. The van der Waals surface area contributed by atoms with Gasteiger partial charge < -0.3 is 33.2 Å². The smallest absolute Gasteiger partial charge is 0.343 e. The van der Waals surface area contributed by atoms with E-state index in [9.17, 15) is 14.4 Å². The SMILES string of the molecule is CCOC(=O)C1=C(C)N=c2s/c(=C\c3cc(Cl)c(OCc4ccc5c(c4)OCO5)c(Cl)c3)c(=O)n2[C@@H]1c1ccc(OCC(=O)OC)c(OCC)c1. The van der Waals surface area contributed by atoms with Crippen molar-refractivity contribution in [2.45, 2.75) is 33.4 Å². The van der Waals surface area contributed by atoms with Crippen LogP contribution in [0.25, 0.3) is 6.08 Å². The van der Waals surface area contributed by atoms with Crippen molar-refractivity contribution in [1.29, 1.82) is 0 Å². The van der Waals surface area contributed by atoms with Crippen LogP contribution in [0.2, 0.25) is 10.0 Å². The first kappa shape index (κ1) is 35.8. The van der Waals surface area contributed by atoms with Crippen molar-refractivity contribution in [3.05, 3.63) is 106 Å². The minimum Gasteiger partial charge on any atom is -0.490 e. The monoisotopic (exact) mass is 754 g/mol. The van der Waals surface area contributed by atoms with E-state index >= 15 is 0 Å². The second-order valence-electron chi connectivity index (χ2n) is 11.1. The van der Waals surface area contributed by atoms with Gasteiger partial charge in [0.05, 0.1) is 52.2 Å². The molecule has 0 amide bonds. The molecule has 0 fully saturated rings. The summed E-state index contributed by atoms with van der Waals surface area (Å²) in [5.74, 6) is 0.998. The number of hydrogen-bond donors (Lipinski definition) is 0. The minimum atomic E-state index is -0.921. The van der Waals surface area contributed by atoms with E-state index in [4.69, 9.17) is 51.6 Å². The third-order valence-electron chi connectivity index (χ3n) is 7.81. The van der Waals surface area contributed by atoms with Gasteiger partial charge in [0, 0.05) is 0 Å². The first-order valence-electron chi connectivity index (χ1n) is 15.8. The van der Waals surface area contributed by atoms with Gasteiger partial charge in [-0.1, -0.05) is 46.7 Å². The molecule has 3 aromatic carbocycles. The molecule has 6 rings (SSSR count). The predicted molar refractivity (Wildman–Crippen MR) is 189 cm³/mol. The Hall–Kier alpha value is -4.98. The minimum absolute atomic E-state index is 0.120. The van der Waals surface area contributed by atoms with Gasteiger partial charge in [0.1, 0.15) is 6.61 Å². The fourth-order valence-electron chi connectivity index (χ4n) is 5.52. The van der Waals surface area contributed by atoms with Crippen LogP contribution in [0.1, 0.15) is 43.5 Å². The molecule has 0 unspecified atom stereocenters. The zero-order valence-corrected chi connectivity index (χ0v) is 30.3. The number of rotatable bonds is 12. The average molecular weight is 756 g/mol. The Bertz CT molecular complexity index is 2210. The molecule has 12 nitrogen and oxygen atoms in total. The van der Waals surface area contributed by atoms with E-state index in [1.165, 1.54) is 11.7 Å². The van der Waals surface area contributed by atoms with E-state index in [2.05, 4.69) is 9.73 Å². The first-order chi connectivity index (χ1) is 24.6. The Kier molecular flexibility index (Phi) is 10.9. The van der Waals surface area contributed by atoms with Crippen molar-refractivity contribution < 1.29 is 42.7 Å². The average Bonchev–Trinajstić information content (AvgIpc) is 3.70. The van der Waals surface area contributed by atoms with Crippen molar-refractivity contribution in [1.82, 2.24) is 4.57 Å². The summed E-state index contributed by atoms with van der Waals surface area (Å²) in [5.41, 5.74) is 2.10. The van der Waals surface area contributed by atoms with Gasteiger partial charge >= 0.3 is 11.9 Å². The van der Waals surface area contributed by atoms with Gasteiger partial charge in [-0.05, 0) is 79.9 Å². The van der Waals surface area contributed by atoms with Gasteiger partial charge in [0.2, 0.25) is 6.79 Å². The molecule has 0 saturated carbocycles. The fourth-order valence-corrected chi connectivity index (χ4v) is 7.18. The molecule has 266 valence electrons. The van der Waals surface area contributed by atoms with E-state index in [-0.39, 0.29) is 60.3 Å². The second kappa shape index (κ2) is 15.5. The zero-order chi connectivity index (χ0) is 36.2. The molecule has 0 bridgehead atoms. The van der Waals surface area contributed by atoms with Crippen molar-refractivity contribution in [3.8, 4) is 28.7 Å². The van der Waals surface area contributed by atoms with Gasteiger partial charge in [-0.3, -0.25) is 9.36 Å². The lowest BCUT2D eigenvalue weighted by Gasteiger charge is -2.25. The Morgan fingerprint density at radius 1 is 0.980 bits per heavy atom. The molecular weight excluding hydrogens is 723 g/mol. The van der Waals surface area contributed by atoms with Crippen molar-refractivity contribution in [2.75, 3.05) is 33.7 Å². The van der Waals surface area contributed by atoms with E-state index in [1.807, 2.05) is 12.1 Å². The van der Waals surface area contributed by atoms with Crippen LogP contribution in [-0.2, 0) is 25.7 Å². The number of fused-ring (bicyclic) bond motifs is 2. The first-order valence-corrected chi connectivity index (χ1v) is 17.3. The lowest BCUT2D eigenvalue weighted by molar-refractivity contribution is -0.143. The number of allylic oxidation sites excluding steroid dienone is 1. The maximum atomic E-state index is 14.2. The summed E-state index contributed by atoms with van der Waals surface area (Å²) in [4.78, 5) is 44.3. The van der Waals surface area contributed by atoms with E-state index in [0.29, 0.717) is 43.4 Å². The van der Waals surface area contributed by atoms with Gasteiger partial charge in [0.15, 0.2) is 40.2 Å². The molecule has 3 heterocycles. The van der Waals surface area contributed by atoms with Gasteiger partial charge in [-0.15, -0.1) is 0 Å². The fraction of sp³-hybridized carbons (Fsp3) is 0.278. The Morgan fingerprint density at radius 3 is 2.47 bits per heavy atom. The molecule has 2 aliphatic rings. The molecule has 2 aliphatic heterocycles. The molecule has 0 radical (unpaired) electrons. The number of carbonyl (C=O) groups excluding carboxylic acids is 2. The van der Waals surface area contributed by atoms with Crippen molar-refractivity contribution in [3.63, 3.8) is 0 Å². The quantitative estimate of drug-likeness (QED) is 0.174. The summed E-state index contributed by atoms with van der Waals surface area (Å²) < 4.78 is 40.1. The topological polar surface area (TPSA) is 133 Å². The van der Waals surface area contributed by atoms with Crippen LogP contribution in [0, 0.1) is 0 Å². The number of thiazole rings is 1. The number of halogens is 2. The molecule has 1 aromatic heterocycles. The largest absolute Gasteiger partial charge is 0.490 e. The molecule has 4 aromatic rings. The molecule has 51 heavy (non-hydrogen) atoms. The summed E-state index contributed by atoms with van der Waals surface area (Å²) in [7, 11) is 1.26. The van der Waals surface area contributed by atoms with Gasteiger partial charge in [0.25, 0.3) is 5.56 Å². The predicted octanol–water partition coefficient (Wildman–Crippen LogP) is 5.36. The third-order valence-corrected chi connectivity index (χ3v) is 9.36. The molecule has 1 atom stereocenters. The number of benzene rings is 3. The van der Waals surface area contributed by atoms with Crippen molar-refractivity contribution in [2.24, 2.45) is 4.99 Å². The summed E-state index contributed by atoms with van der Waals surface area (Å²) >= 11 is 14.4. The standard InChI is InChI=1S/C36H32Cl2N2O10S/c1-5-45-28-15-22(8-10-25(28)47-17-30(41)44-4)32-31(35(43)46-6-2)19(3)39-36-40(32)34(42)29(51-36)14-21-11-23(37)33(24(38)12-21)48-16-20-7-9-26-27(13-20)50-18-49-26/h7-15,32H,5-6,16-18H2,1-4H3/b29-14-/t32-/m1/s1. The van der Waals surface area contributed by atoms with Crippen molar-refractivity contribution >= 4 is 52.6 Å². The molecule has 0 spiro atoms. The van der Waals surface area contributed by atoms with Crippen LogP contribution in [0.4, 0.5) is 0 Å². The summed E-state index contributed by atoms with van der Waals surface area (Å²) in [6.07, 6.45) is 1.65. The van der Waals surface area contributed by atoms with Crippen LogP contribution in [0.5, 0.6) is 28.7 Å². The van der Waals surface area contributed by atoms with Crippen LogP contribution in [0.15, 0.2) is 69.6 Å². The zero-order valence-electron chi connectivity index (χ0n) is 28.0. The highest BCUT2D eigenvalue weighted by Gasteiger charge is 2.34. The highest BCUT2D eigenvalue weighted by atomic mass is 35.5. The summed E-state index contributed by atoms with van der Waals surface area (Å²) in [6.45, 7) is 5.60. The Labute approximate surface area is 306 Å². The molecule has 0 aliphatic carbocycles. The number of hydrogen-bond acceptors (Lipinski definition) is 12. The molecule has 0 N–H and O–H groups in total. The highest BCUT2D eigenvalue weighted by Crippen LogP contribution is 2.38. The highest BCUT2D eigenvalue weighted by molar-refractivity contribution is 7.07. The maximum absolute atomic E-state index is 14.2. The molecule has 15 heteroatoms. The van der Waals surface area contributed by atoms with E-state index < -0.39 is 23.5 Å². The van der Waals surface area contributed by atoms with Gasteiger partial charge in [-0.25, -0.2) is 14.6 Å². The molecular formula is C36H32Cl2N2O10S. The number of esters is 2. The number of nitrogens with zero attached hydrogens (tertiary/aromatic N) is 2. The van der Waals surface area contributed by atoms with Crippen LogP contribution in [-0.4, -0.2) is 50.2 Å². The number of carbonyl (C=O) groups is 2. The lowest BCUT2D eigenvalue weighted by atomic mass is 9.95. The van der Waals surface area contributed by atoms with E-state index in [0.717, 1.165) is 16.9 Å². The number of aromatic nitrogens is 1. The summed E-state index contributed by atoms with van der Waals surface area (Å²) in [6, 6.07) is 12.8. The van der Waals surface area contributed by atoms with Gasteiger partial charge in [-0.2, -0.15) is 0 Å². The number of methoxy groups -OCH3 is 1. The molecule has 0 saturated heterocycles. The second-order valence-corrected chi connectivity index (χ2v) is 12.9. The van der Waals surface area contributed by atoms with Crippen LogP contribution in [0.3, 0.4) is 0 Å².